The van der Waals surface area contributed by atoms with Crippen molar-refractivity contribution in [2.45, 2.75) is 20.0 Å². The van der Waals surface area contributed by atoms with Gasteiger partial charge in [-0.1, -0.05) is 74.1 Å². The van der Waals surface area contributed by atoms with Gasteiger partial charge in [0, 0.05) is 11.1 Å². The Kier molecular flexibility index (Phi) is 6.77. The van der Waals surface area contributed by atoms with Gasteiger partial charge in [-0.2, -0.15) is 0 Å². The van der Waals surface area contributed by atoms with E-state index < -0.39 is 6.17 Å². The topological polar surface area (TPSA) is 79.8 Å². The second-order valence-electron chi connectivity index (χ2n) is 4.92. The van der Waals surface area contributed by atoms with Gasteiger partial charge in [0.15, 0.2) is 5.17 Å². The zero-order chi connectivity index (χ0) is 18.2. The first-order chi connectivity index (χ1) is 12.2. The molecule has 2 aromatic rings. The Morgan fingerprint density at radius 3 is 2.44 bits per heavy atom. The molecule has 3 N–H and O–H groups in total. The van der Waals surface area contributed by atoms with Gasteiger partial charge in [0.1, 0.15) is 0 Å². The second-order valence-corrected chi connectivity index (χ2v) is 5.75. The van der Waals surface area contributed by atoms with Crippen LogP contribution in [-0.2, 0) is 4.79 Å². The van der Waals surface area contributed by atoms with E-state index in [1.807, 2.05) is 74.7 Å². The highest BCUT2D eigenvalue weighted by Crippen LogP contribution is 2.24. The summed E-state index contributed by atoms with van der Waals surface area (Å²) in [6.45, 7) is 4.00. The molecule has 1 unspecified atom stereocenters. The number of hydrogen-bond donors (Lipinski definition) is 2. The van der Waals surface area contributed by atoms with Crippen molar-refractivity contribution >= 4 is 34.2 Å². The number of nitrogens with two attached hydrogens (primary N) is 1. The molecule has 1 atom stereocenters. The van der Waals surface area contributed by atoms with Crippen LogP contribution in [-0.4, -0.2) is 29.2 Å². The van der Waals surface area contributed by atoms with Crippen molar-refractivity contribution in [3.05, 3.63) is 65.7 Å². The number of para-hydroxylation sites is 1. The quantitative estimate of drug-likeness (QED) is 0.640. The summed E-state index contributed by atoms with van der Waals surface area (Å²) in [5, 5.41) is 3.20. The van der Waals surface area contributed by atoms with E-state index in [0.29, 0.717) is 5.17 Å². The number of carbonyl (C=O) groups is 1. The molecular weight excluding hydrogens is 332 g/mol. The van der Waals surface area contributed by atoms with Crippen molar-refractivity contribution in [1.29, 1.82) is 0 Å². The summed E-state index contributed by atoms with van der Waals surface area (Å²) in [7, 11) is 0. The van der Waals surface area contributed by atoms with E-state index in [1.165, 1.54) is 11.8 Å². The number of amidine groups is 1. The van der Waals surface area contributed by atoms with Crippen LogP contribution in [0.3, 0.4) is 0 Å². The highest BCUT2D eigenvalue weighted by Gasteiger charge is 2.25. The van der Waals surface area contributed by atoms with Crippen LogP contribution in [0, 0.1) is 0 Å². The molecule has 0 saturated carbocycles. The number of hydrogen-bond acceptors (Lipinski definition) is 4. The number of aliphatic imine (C=N–C) groups is 2. The Hall–Kier alpha value is -2.60. The third-order valence-corrected chi connectivity index (χ3v) is 3.96. The van der Waals surface area contributed by atoms with Gasteiger partial charge in [-0.15, -0.1) is 0 Å². The fourth-order valence-electron chi connectivity index (χ4n) is 2.33. The minimum atomic E-state index is -0.898. The largest absolute Gasteiger partial charge is 0.378 e. The van der Waals surface area contributed by atoms with Gasteiger partial charge in [-0.25, -0.2) is 9.98 Å². The number of amides is 1. The summed E-state index contributed by atoms with van der Waals surface area (Å²) in [4.78, 5) is 21.2. The summed E-state index contributed by atoms with van der Waals surface area (Å²) in [6.07, 6.45) is 0.911. The minimum Gasteiger partial charge on any atom is -0.378 e. The molecule has 0 fully saturated rings. The van der Waals surface area contributed by atoms with Crippen LogP contribution >= 0.6 is 11.8 Å². The van der Waals surface area contributed by atoms with E-state index in [-0.39, 0.29) is 5.91 Å². The molecule has 130 valence electrons. The van der Waals surface area contributed by atoms with Crippen molar-refractivity contribution in [3.63, 3.8) is 0 Å². The molecule has 5 nitrogen and oxygen atoms in total. The predicted molar refractivity (Wildman–Crippen MR) is 107 cm³/mol. The summed E-state index contributed by atoms with van der Waals surface area (Å²) in [5.41, 5.74) is 9.01. The molecule has 0 aliphatic carbocycles. The Balaban J connectivity index is 0.00000109. The smallest absolute Gasteiger partial charge is 0.271 e. The first-order valence-corrected chi connectivity index (χ1v) is 9.32. The Bertz CT molecular complexity index is 787. The summed E-state index contributed by atoms with van der Waals surface area (Å²) in [6, 6.07) is 17.3. The van der Waals surface area contributed by atoms with Crippen molar-refractivity contribution in [2.24, 2.45) is 15.7 Å². The Labute approximate surface area is 152 Å². The molecule has 0 bridgehead atoms. The van der Waals surface area contributed by atoms with E-state index in [4.69, 9.17) is 5.73 Å². The molecule has 1 aliphatic rings. The lowest BCUT2D eigenvalue weighted by atomic mass is 10.0. The number of thioether (sulfide) groups is 1. The van der Waals surface area contributed by atoms with Crippen LogP contribution in [0.1, 0.15) is 25.0 Å². The van der Waals surface area contributed by atoms with Crippen LogP contribution < -0.4 is 11.1 Å². The molecule has 6 heteroatoms. The number of carbonyl (C=O) groups excluding carboxylic acids is 1. The standard InChI is InChI=1S/C17H16N4OS.C2H6/c1-23-17(18)21-15-16(22)19-13-10-6-5-9-12(13)14(20-15)11-7-3-2-4-8-11;1-2/h2-10,15H,1H3,(H2,18,21)(H,19,22);1-2H3. The molecule has 25 heavy (non-hydrogen) atoms. The van der Waals surface area contributed by atoms with Gasteiger partial charge >= 0.3 is 0 Å². The number of fused-ring (bicyclic) bond motifs is 1. The van der Waals surface area contributed by atoms with Crippen LogP contribution in [0.2, 0.25) is 0 Å². The SMILES string of the molecule is CC.CS/C(N)=N\C1N=C(c2ccccc2)c2ccccc2NC1=O. The van der Waals surface area contributed by atoms with Gasteiger partial charge in [0.2, 0.25) is 6.17 Å². The van der Waals surface area contributed by atoms with Crippen LogP contribution in [0.15, 0.2) is 64.6 Å². The Morgan fingerprint density at radius 2 is 1.76 bits per heavy atom. The van der Waals surface area contributed by atoms with Gasteiger partial charge in [-0.3, -0.25) is 4.79 Å². The summed E-state index contributed by atoms with van der Waals surface area (Å²) >= 11 is 1.29. The first-order valence-electron chi connectivity index (χ1n) is 8.10. The Morgan fingerprint density at radius 1 is 1.12 bits per heavy atom. The third-order valence-electron chi connectivity index (χ3n) is 3.43. The molecule has 0 aromatic heterocycles. The maximum atomic E-state index is 12.4. The molecule has 0 saturated heterocycles. The number of nitrogens with one attached hydrogen (secondary N) is 1. The van der Waals surface area contributed by atoms with Gasteiger partial charge < -0.3 is 11.1 Å². The molecule has 1 heterocycles. The number of benzodiazepines with no additional fused rings is 1. The fraction of sp³-hybridized carbons (Fsp3) is 0.211. The number of anilines is 1. The normalized spacial score (nSPS) is 16.6. The van der Waals surface area contributed by atoms with Crippen LogP contribution in [0.4, 0.5) is 5.69 Å². The van der Waals surface area contributed by atoms with Gasteiger partial charge in [0.25, 0.3) is 5.91 Å². The second kappa shape index (κ2) is 9.03. The zero-order valence-corrected chi connectivity index (χ0v) is 15.4. The summed E-state index contributed by atoms with van der Waals surface area (Å²) < 4.78 is 0. The van der Waals surface area contributed by atoms with E-state index in [0.717, 1.165) is 22.5 Å². The van der Waals surface area contributed by atoms with Crippen LogP contribution in [0.25, 0.3) is 0 Å². The maximum Gasteiger partial charge on any atom is 0.271 e. The molecule has 1 amide bonds. The first kappa shape index (κ1) is 18.7. The van der Waals surface area contributed by atoms with E-state index >= 15 is 0 Å². The molecule has 0 spiro atoms. The third kappa shape index (κ3) is 4.48. The lowest BCUT2D eigenvalue weighted by molar-refractivity contribution is -0.117. The van der Waals surface area contributed by atoms with Gasteiger partial charge in [0.05, 0.1) is 11.4 Å². The number of benzene rings is 2. The van der Waals surface area contributed by atoms with Crippen LogP contribution in [0.5, 0.6) is 0 Å². The monoisotopic (exact) mass is 354 g/mol. The molecule has 0 radical (unpaired) electrons. The van der Waals surface area contributed by atoms with E-state index in [1.54, 1.807) is 0 Å². The maximum absolute atomic E-state index is 12.4. The minimum absolute atomic E-state index is 0.291. The van der Waals surface area contributed by atoms with Crippen molar-refractivity contribution in [3.8, 4) is 0 Å². The van der Waals surface area contributed by atoms with E-state index in [9.17, 15) is 4.79 Å². The lowest BCUT2D eigenvalue weighted by Crippen LogP contribution is -2.26. The van der Waals surface area contributed by atoms with Crippen molar-refractivity contribution in [1.82, 2.24) is 0 Å². The van der Waals surface area contributed by atoms with Crippen molar-refractivity contribution < 1.29 is 4.79 Å². The molecule has 2 aromatic carbocycles. The zero-order valence-electron chi connectivity index (χ0n) is 14.6. The summed E-state index contributed by atoms with van der Waals surface area (Å²) in [5.74, 6) is -0.291. The molecule has 1 aliphatic heterocycles. The fourth-order valence-corrected chi connectivity index (χ4v) is 2.54. The van der Waals surface area contributed by atoms with Crippen molar-refractivity contribution in [2.75, 3.05) is 11.6 Å². The average Bonchev–Trinajstić information content (AvgIpc) is 2.80. The molecule has 3 rings (SSSR count). The average molecular weight is 354 g/mol. The highest BCUT2D eigenvalue weighted by atomic mass is 32.2. The number of nitrogens with zero attached hydrogens (tertiary/aromatic N) is 2. The molecular formula is C19H22N4OS. The lowest BCUT2D eigenvalue weighted by Gasteiger charge is -2.09. The predicted octanol–water partition coefficient (Wildman–Crippen LogP) is 3.51. The van der Waals surface area contributed by atoms with E-state index in [2.05, 4.69) is 15.3 Å². The van der Waals surface area contributed by atoms with Gasteiger partial charge in [-0.05, 0) is 12.3 Å². The number of rotatable bonds is 2. The highest BCUT2D eigenvalue weighted by molar-refractivity contribution is 8.13.